The van der Waals surface area contributed by atoms with Crippen molar-refractivity contribution < 1.29 is 14.3 Å². The molecule has 0 fully saturated rings. The summed E-state index contributed by atoms with van der Waals surface area (Å²) in [4.78, 5) is 12.6. The molecule has 3 aromatic rings. The van der Waals surface area contributed by atoms with E-state index in [1.807, 2.05) is 13.0 Å². The average molecular weight is 321 g/mol. The summed E-state index contributed by atoms with van der Waals surface area (Å²) < 4.78 is 7.24. The smallest absolute Gasteiger partial charge is 0.260 e. The highest BCUT2D eigenvalue weighted by atomic mass is 16.4. The van der Waals surface area contributed by atoms with Crippen molar-refractivity contribution in [2.24, 2.45) is 0 Å². The maximum absolute atomic E-state index is 12.6. The van der Waals surface area contributed by atoms with Crippen LogP contribution >= 0.6 is 0 Å². The van der Waals surface area contributed by atoms with Gasteiger partial charge in [0.05, 0.1) is 5.69 Å². The lowest BCUT2D eigenvalue weighted by molar-refractivity contribution is 0.102. The van der Waals surface area contributed by atoms with E-state index in [0.29, 0.717) is 11.6 Å². The monoisotopic (exact) mass is 321 g/mol. The number of carbonyl (C=O) groups excluding carboxylic acids is 1. The number of carbonyl (C=O) groups is 1. The van der Waals surface area contributed by atoms with Crippen LogP contribution in [0.3, 0.4) is 0 Å². The van der Waals surface area contributed by atoms with Crippen LogP contribution in [-0.4, -0.2) is 15.6 Å². The number of nitrogens with one attached hydrogen (secondary N) is 1. The number of rotatable bonds is 3. The van der Waals surface area contributed by atoms with E-state index in [-0.39, 0.29) is 22.6 Å². The van der Waals surface area contributed by atoms with Gasteiger partial charge in [-0.3, -0.25) is 9.36 Å². The zero-order valence-corrected chi connectivity index (χ0v) is 13.2. The van der Waals surface area contributed by atoms with Crippen molar-refractivity contribution in [1.29, 1.82) is 5.26 Å². The van der Waals surface area contributed by atoms with Crippen LogP contribution in [0.1, 0.15) is 27.2 Å². The number of amides is 1. The number of phenols is 1. The van der Waals surface area contributed by atoms with Gasteiger partial charge in [-0.05, 0) is 43.7 Å². The van der Waals surface area contributed by atoms with Crippen LogP contribution in [-0.2, 0) is 0 Å². The molecular weight excluding hydrogens is 306 g/mol. The minimum Gasteiger partial charge on any atom is -0.506 e. The van der Waals surface area contributed by atoms with Gasteiger partial charge < -0.3 is 14.8 Å². The summed E-state index contributed by atoms with van der Waals surface area (Å²) in [6.07, 6.45) is 3.46. The summed E-state index contributed by atoms with van der Waals surface area (Å²) in [5.41, 5.74) is 1.45. The Labute approximate surface area is 138 Å². The van der Waals surface area contributed by atoms with Crippen LogP contribution in [0.4, 0.5) is 5.69 Å². The fraction of sp³-hybridized carbons (Fsp3) is 0.111. The second-order valence-electron chi connectivity index (χ2n) is 5.39. The number of aromatic hydroxyl groups is 1. The van der Waals surface area contributed by atoms with E-state index in [1.165, 1.54) is 0 Å². The van der Waals surface area contributed by atoms with Crippen molar-refractivity contribution in [2.75, 3.05) is 5.32 Å². The predicted octanol–water partition coefficient (Wildman–Crippen LogP) is 3.52. The topological polar surface area (TPSA) is 91.2 Å². The van der Waals surface area contributed by atoms with Crippen LogP contribution < -0.4 is 5.32 Å². The lowest BCUT2D eigenvalue weighted by Crippen LogP contribution is -2.14. The largest absolute Gasteiger partial charge is 0.506 e. The van der Waals surface area contributed by atoms with E-state index in [0.717, 1.165) is 5.56 Å². The third-order valence-electron chi connectivity index (χ3n) is 3.64. The Bertz CT molecular complexity index is 947. The van der Waals surface area contributed by atoms with Gasteiger partial charge in [-0.15, -0.1) is 0 Å². The molecule has 0 aliphatic rings. The minimum atomic E-state index is -0.509. The molecule has 0 saturated carbocycles. The summed E-state index contributed by atoms with van der Waals surface area (Å²) in [5, 5.41) is 22.0. The molecule has 2 N–H and O–H groups in total. The van der Waals surface area contributed by atoms with Gasteiger partial charge in [-0.2, -0.15) is 5.26 Å². The van der Waals surface area contributed by atoms with Gasteiger partial charge in [-0.1, -0.05) is 6.07 Å². The average Bonchev–Trinajstić information content (AvgIpc) is 3.16. The Kier molecular flexibility index (Phi) is 3.84. The number of phenolic OH excluding ortho intramolecular Hbond substituents is 1. The maximum atomic E-state index is 12.6. The first kappa shape index (κ1) is 15.4. The first-order chi connectivity index (χ1) is 11.5. The Morgan fingerprint density at radius 1 is 1.29 bits per heavy atom. The van der Waals surface area contributed by atoms with Crippen LogP contribution in [0, 0.1) is 25.2 Å². The van der Waals surface area contributed by atoms with Gasteiger partial charge in [-0.25, -0.2) is 0 Å². The van der Waals surface area contributed by atoms with E-state index in [9.17, 15) is 15.2 Å². The van der Waals surface area contributed by atoms with Gasteiger partial charge in [0.15, 0.2) is 0 Å². The molecule has 0 saturated heterocycles. The van der Waals surface area contributed by atoms with Gasteiger partial charge in [0.2, 0.25) is 5.88 Å². The molecular formula is C18H15N3O3. The van der Waals surface area contributed by atoms with E-state index in [1.54, 1.807) is 54.2 Å². The van der Waals surface area contributed by atoms with Crippen molar-refractivity contribution in [3.63, 3.8) is 0 Å². The number of benzene rings is 1. The third-order valence-corrected chi connectivity index (χ3v) is 3.64. The van der Waals surface area contributed by atoms with Crippen LogP contribution in [0.15, 0.2) is 47.1 Å². The number of furan rings is 1. The van der Waals surface area contributed by atoms with Gasteiger partial charge in [0, 0.05) is 12.4 Å². The number of nitrogens with zero attached hydrogens (tertiary/aromatic N) is 2. The van der Waals surface area contributed by atoms with Crippen LogP contribution in [0.25, 0.3) is 5.88 Å². The molecule has 1 aromatic carbocycles. The van der Waals surface area contributed by atoms with Crippen molar-refractivity contribution in [2.45, 2.75) is 13.8 Å². The molecule has 6 heteroatoms. The molecule has 6 nitrogen and oxygen atoms in total. The van der Waals surface area contributed by atoms with Crippen molar-refractivity contribution >= 4 is 11.6 Å². The van der Waals surface area contributed by atoms with Gasteiger partial charge in [0.25, 0.3) is 5.91 Å². The summed E-state index contributed by atoms with van der Waals surface area (Å²) >= 11 is 0. The number of hydrogen-bond donors (Lipinski definition) is 2. The zero-order valence-electron chi connectivity index (χ0n) is 13.2. The summed E-state index contributed by atoms with van der Waals surface area (Å²) in [7, 11) is 0. The maximum Gasteiger partial charge on any atom is 0.260 e. The third kappa shape index (κ3) is 2.63. The number of aromatic nitrogens is 1. The lowest BCUT2D eigenvalue weighted by atomic mass is 10.1. The number of anilines is 1. The Hall–Kier alpha value is -3.46. The van der Waals surface area contributed by atoms with Crippen molar-refractivity contribution in [1.82, 2.24) is 4.57 Å². The van der Waals surface area contributed by atoms with E-state index in [2.05, 4.69) is 5.32 Å². The Morgan fingerprint density at radius 2 is 2.00 bits per heavy atom. The molecule has 0 aliphatic carbocycles. The van der Waals surface area contributed by atoms with Gasteiger partial charge >= 0.3 is 0 Å². The summed E-state index contributed by atoms with van der Waals surface area (Å²) in [6, 6.07) is 10.5. The summed E-state index contributed by atoms with van der Waals surface area (Å²) in [5.74, 6) is 0.0802. The van der Waals surface area contributed by atoms with E-state index < -0.39 is 5.91 Å². The molecule has 24 heavy (non-hydrogen) atoms. The molecule has 0 spiro atoms. The highest BCUT2D eigenvalue weighted by molar-refractivity contribution is 6.07. The second-order valence-corrected chi connectivity index (χ2v) is 5.39. The van der Waals surface area contributed by atoms with Crippen molar-refractivity contribution in [3.05, 3.63) is 65.2 Å². The summed E-state index contributed by atoms with van der Waals surface area (Å²) in [6.45, 7) is 3.46. The molecule has 0 radical (unpaired) electrons. The van der Waals surface area contributed by atoms with Crippen LogP contribution in [0.2, 0.25) is 0 Å². The van der Waals surface area contributed by atoms with Crippen LogP contribution in [0.5, 0.6) is 5.75 Å². The predicted molar refractivity (Wildman–Crippen MR) is 88.3 cm³/mol. The number of aryl methyl sites for hydroxylation is 2. The molecule has 1 amide bonds. The molecule has 0 unspecified atom stereocenters. The SMILES string of the molecule is Cc1ccc(NC(=O)c2c(C)oc(-n3cccc3)c2C#N)c(O)c1. The second kappa shape index (κ2) is 5.97. The Balaban J connectivity index is 2.00. The van der Waals surface area contributed by atoms with E-state index >= 15 is 0 Å². The highest BCUT2D eigenvalue weighted by Gasteiger charge is 2.25. The lowest BCUT2D eigenvalue weighted by Gasteiger charge is -2.07. The zero-order chi connectivity index (χ0) is 17.3. The first-order valence-corrected chi connectivity index (χ1v) is 7.29. The minimum absolute atomic E-state index is 0.0337. The molecule has 2 aromatic heterocycles. The molecule has 0 bridgehead atoms. The normalized spacial score (nSPS) is 10.4. The molecule has 0 atom stereocenters. The van der Waals surface area contributed by atoms with Gasteiger partial charge in [0.1, 0.15) is 28.7 Å². The molecule has 0 aliphatic heterocycles. The fourth-order valence-corrected chi connectivity index (χ4v) is 2.49. The fourth-order valence-electron chi connectivity index (χ4n) is 2.49. The number of hydrogen-bond acceptors (Lipinski definition) is 4. The molecule has 3 rings (SSSR count). The van der Waals surface area contributed by atoms with Crippen molar-refractivity contribution in [3.8, 4) is 17.7 Å². The number of nitriles is 1. The molecule has 2 heterocycles. The standard InChI is InChI=1S/C18H15N3O3/c1-11-5-6-14(15(22)9-11)20-17(23)16-12(2)24-18(13(16)10-19)21-7-3-4-8-21/h3-9,22H,1-2H3,(H,20,23). The van der Waals surface area contributed by atoms with E-state index in [4.69, 9.17) is 4.42 Å². The molecule has 120 valence electrons. The Morgan fingerprint density at radius 3 is 2.62 bits per heavy atom. The first-order valence-electron chi connectivity index (χ1n) is 7.29. The quantitative estimate of drug-likeness (QED) is 0.722. The highest BCUT2D eigenvalue weighted by Crippen LogP contribution is 2.28.